The molecule has 0 aliphatic carbocycles. The molecule has 4 rings (SSSR count). The Hall–Kier alpha value is -7.03. The molecule has 0 saturated carbocycles. The summed E-state index contributed by atoms with van der Waals surface area (Å²) in [7, 11) is 1.27. The molecule has 0 aliphatic rings. The summed E-state index contributed by atoms with van der Waals surface area (Å²) in [5, 5.41) is 26.0. The number of ketones is 2. The third kappa shape index (κ3) is 38.9. The Bertz CT molecular complexity index is 3180. The molecule has 25 nitrogen and oxygen atoms in total. The number of carboxylic acid groups (broad SMARTS) is 1. The van der Waals surface area contributed by atoms with E-state index in [1.807, 2.05) is 32.0 Å². The Kier molecular flexibility index (Phi) is 46.5. The number of rotatable bonds is 46. The fourth-order valence-corrected chi connectivity index (χ4v) is 11.0. The molecule has 0 aliphatic heterocycles. The van der Waals surface area contributed by atoms with Gasteiger partial charge in [-0.25, -0.2) is 14.8 Å². The maximum Gasteiger partial charge on any atom is 1.00 e. The van der Waals surface area contributed by atoms with Crippen molar-refractivity contribution in [3.63, 3.8) is 0 Å². The van der Waals surface area contributed by atoms with E-state index in [0.29, 0.717) is 87.1 Å². The van der Waals surface area contributed by atoms with Crippen molar-refractivity contribution in [3.05, 3.63) is 124 Å². The number of ether oxygens (including phenoxy) is 4. The van der Waals surface area contributed by atoms with Gasteiger partial charge in [0.1, 0.15) is 17.2 Å². The molecule has 2 atom stereocenters. The molecule has 0 saturated heterocycles. The largest absolute Gasteiger partial charge is 1.00 e. The number of amides is 3. The van der Waals surface area contributed by atoms with Crippen molar-refractivity contribution in [1.82, 2.24) is 20.6 Å². The number of azide groups is 2. The second-order valence-electron chi connectivity index (χ2n) is 24.2. The zero-order valence-electron chi connectivity index (χ0n) is 57.6. The number of halogens is 4. The van der Waals surface area contributed by atoms with E-state index in [-0.39, 0.29) is 119 Å². The Morgan fingerprint density at radius 3 is 1.48 bits per heavy atom. The van der Waals surface area contributed by atoms with Gasteiger partial charge in [0.15, 0.2) is 23.1 Å². The minimum atomic E-state index is -1.06. The molecule has 0 radical (unpaired) electrons. The number of hydrogen-bond acceptors (Lipinski definition) is 17. The number of carbonyl (C=O) groups excluding carboxylic acids is 6. The molecule has 0 spiro atoms. The van der Waals surface area contributed by atoms with Crippen molar-refractivity contribution in [2.75, 3.05) is 69.8 Å². The first-order valence-electron chi connectivity index (χ1n) is 32.6. The van der Waals surface area contributed by atoms with Crippen molar-refractivity contribution in [2.45, 2.75) is 193 Å². The Morgan fingerprint density at radius 2 is 1.04 bits per heavy atom. The monoisotopic (exact) mass is 1430 g/mol. The SMILES string of the molecule is COC(=O)CC(CC(=O)CNC(=O)CCCCN(C(=O)OC(C)(C)C)c1cc(C)ccn1)c1cc(Cl)c(OCCCCCCCCN=[N+]=[N-])c(Cl)c1.Cc1ccnc(NCCCCC(=O)NCC(=O)CC(CC(=O)O)c2cc(Cl)c(OCCCCCCCCN=[N+]=[N-])c(Cl)c2)c1.[Li+].[OH-]. The summed E-state index contributed by atoms with van der Waals surface area (Å²) in [6, 6.07) is 14.0. The van der Waals surface area contributed by atoms with Crippen LogP contribution in [0, 0.1) is 13.8 Å². The van der Waals surface area contributed by atoms with E-state index in [2.05, 4.69) is 46.0 Å². The second-order valence-corrected chi connectivity index (χ2v) is 25.8. The first-order valence-corrected chi connectivity index (χ1v) is 34.1. The Labute approximate surface area is 607 Å². The Balaban J connectivity index is 0.000000973. The van der Waals surface area contributed by atoms with Crippen molar-refractivity contribution in [1.29, 1.82) is 0 Å². The molecule has 0 fully saturated rings. The number of nitrogens with one attached hydrogen (secondary N) is 3. The zero-order valence-corrected chi connectivity index (χ0v) is 60.6. The summed E-state index contributed by atoms with van der Waals surface area (Å²) < 4.78 is 22.1. The molecule has 2 aromatic carbocycles. The van der Waals surface area contributed by atoms with Crippen molar-refractivity contribution >= 4 is 99.5 Å². The van der Waals surface area contributed by atoms with Gasteiger partial charge in [0, 0.05) is 85.9 Å². The Morgan fingerprint density at radius 1 is 0.602 bits per heavy atom. The van der Waals surface area contributed by atoms with Gasteiger partial charge >= 0.3 is 36.9 Å². The summed E-state index contributed by atoms with van der Waals surface area (Å²) in [4.78, 5) is 103. The van der Waals surface area contributed by atoms with Gasteiger partial charge in [-0.05, 0) is 168 Å². The van der Waals surface area contributed by atoms with Crippen LogP contribution in [0.5, 0.6) is 11.5 Å². The van der Waals surface area contributed by atoms with E-state index in [0.717, 1.165) is 100 Å². The van der Waals surface area contributed by atoms with Crippen LogP contribution >= 0.6 is 46.4 Å². The predicted octanol–water partition coefficient (Wildman–Crippen LogP) is 13.5. The zero-order chi connectivity index (χ0) is 70.7. The number of benzene rings is 2. The summed E-state index contributed by atoms with van der Waals surface area (Å²) in [5.41, 5.74) is 19.1. The van der Waals surface area contributed by atoms with Gasteiger partial charge in [-0.2, -0.15) is 0 Å². The second kappa shape index (κ2) is 51.2. The minimum absolute atomic E-state index is 0. The fourth-order valence-electron chi connectivity index (χ4n) is 9.80. The van der Waals surface area contributed by atoms with Crippen LogP contribution in [0.15, 0.2) is 71.2 Å². The normalized spacial score (nSPS) is 11.2. The van der Waals surface area contributed by atoms with Crippen molar-refractivity contribution in [2.24, 2.45) is 10.2 Å². The van der Waals surface area contributed by atoms with Crippen LogP contribution < -0.4 is 49.2 Å². The molecule has 2 heterocycles. The minimum Gasteiger partial charge on any atom is -0.870 e. The number of aliphatic carboxylic acids is 1. The number of methoxy groups -OCH3 is 1. The van der Waals surface area contributed by atoms with E-state index in [1.54, 1.807) is 63.5 Å². The predicted molar refractivity (Wildman–Crippen MR) is 377 cm³/mol. The molecule has 98 heavy (non-hydrogen) atoms. The van der Waals surface area contributed by atoms with Crippen LogP contribution in [0.4, 0.5) is 16.4 Å². The number of hydrogen-bond donors (Lipinski definition) is 4. The van der Waals surface area contributed by atoms with E-state index in [1.165, 1.54) is 12.0 Å². The van der Waals surface area contributed by atoms with Crippen LogP contribution in [0.25, 0.3) is 20.9 Å². The number of carboxylic acids is 1. The average Bonchev–Trinajstić information content (AvgIpc) is 0.837. The quantitative estimate of drug-likeness (QED) is 0.00797. The molecule has 4 aromatic rings. The van der Waals surface area contributed by atoms with E-state index < -0.39 is 35.5 Å². The third-order valence-corrected chi connectivity index (χ3v) is 15.9. The molecular formula is C68H95Cl4LiN12O13. The van der Waals surface area contributed by atoms with E-state index in [9.17, 15) is 38.7 Å². The summed E-state index contributed by atoms with van der Waals surface area (Å²) in [6.45, 7) is 11.7. The van der Waals surface area contributed by atoms with Gasteiger partial charge in [0.2, 0.25) is 11.8 Å². The number of esters is 1. The summed E-state index contributed by atoms with van der Waals surface area (Å²) in [6.07, 6.45) is 16.6. The first-order chi connectivity index (χ1) is 45.9. The van der Waals surface area contributed by atoms with Crippen molar-refractivity contribution < 1.29 is 82.0 Å². The van der Waals surface area contributed by atoms with Gasteiger partial charge in [-0.15, -0.1) is 0 Å². The molecule has 2 unspecified atom stereocenters. The third-order valence-electron chi connectivity index (χ3n) is 14.8. The van der Waals surface area contributed by atoms with Gasteiger partial charge in [0.05, 0.1) is 66.3 Å². The van der Waals surface area contributed by atoms with Gasteiger partial charge in [-0.1, -0.05) is 108 Å². The standard InChI is InChI=1S/C37H52Cl2N6O7.C31H42Cl2N6O5.Li.H2O/c1-26-15-17-41-32(20-26)45(36(49)52-37(2,3)4)18-12-10-14-33(47)42-25-29(46)21-27(24-34(48)50-5)28-22-30(38)35(31(39)23-28)51-19-13-9-7-6-8-11-16-43-44-40;1-22-11-14-36-28(16-22)35-12-8-6-10-29(41)37-21-25(40)17-23(20-30(42)43)24-18-26(32)31(27(33)19-24)44-15-9-5-3-2-4-7-13-38-39-34;;/h15,17,20,22-23,27H,6-14,16,18-19,21,24-25H2,1-5H3,(H,42,47);11,14,16,18-19,23H,2-10,12-13,15,17,20-21H2,1H3,(H,35,36)(H,37,41)(H,42,43);;1H2/q;;+1;/p-1. The number of nitrogens with zero attached hydrogens (tertiary/aromatic N) is 9. The van der Waals surface area contributed by atoms with Crippen LogP contribution in [-0.4, -0.2) is 127 Å². The number of carbonyl (C=O) groups is 7. The fraction of sp³-hybridized carbons (Fsp3) is 0.574. The molecule has 534 valence electrons. The molecule has 5 N–H and O–H groups in total. The number of aryl methyl sites for hydroxylation is 2. The number of unbranched alkanes of at least 4 members (excludes halogenated alkanes) is 12. The maximum absolute atomic E-state index is 13.0. The van der Waals surface area contributed by atoms with Gasteiger partial charge in [-0.3, -0.25) is 33.7 Å². The molecule has 30 heteroatoms. The molecule has 0 bridgehead atoms. The molecular weight excluding hydrogens is 1340 g/mol. The topological polar surface area (TPSA) is 369 Å². The summed E-state index contributed by atoms with van der Waals surface area (Å²) in [5.74, 6) is -2.03. The summed E-state index contributed by atoms with van der Waals surface area (Å²) >= 11 is 26.0. The molecule has 2 aromatic heterocycles. The maximum atomic E-state index is 13.0. The van der Waals surface area contributed by atoms with E-state index >= 15 is 0 Å². The van der Waals surface area contributed by atoms with Gasteiger partial charge in [0.25, 0.3) is 0 Å². The van der Waals surface area contributed by atoms with Crippen LogP contribution in [0.2, 0.25) is 20.1 Å². The van der Waals surface area contributed by atoms with Crippen molar-refractivity contribution in [3.8, 4) is 11.5 Å². The van der Waals surface area contributed by atoms with Crippen LogP contribution in [0.1, 0.15) is 196 Å². The van der Waals surface area contributed by atoms with E-state index in [4.69, 9.17) is 76.4 Å². The number of Topliss-reactive ketones (excluding diaryl/α,β-unsaturated/α-hetero) is 2. The van der Waals surface area contributed by atoms with Gasteiger partial charge < -0.3 is 45.5 Å². The van der Waals surface area contributed by atoms with Crippen LogP contribution in [-0.2, 0) is 38.2 Å². The van der Waals surface area contributed by atoms with Crippen LogP contribution in [0.3, 0.4) is 0 Å². The number of pyridine rings is 2. The number of anilines is 2. The average molecular weight is 1440 g/mol. The number of aromatic nitrogens is 2. The molecule has 3 amide bonds. The first kappa shape index (κ1) is 89.0. The smallest absolute Gasteiger partial charge is 0.870 e.